The summed E-state index contributed by atoms with van der Waals surface area (Å²) in [5.41, 5.74) is 0.762. The second-order valence-corrected chi connectivity index (χ2v) is 4.57. The fourth-order valence-corrected chi connectivity index (χ4v) is 2.37. The number of hydrogen-bond acceptors (Lipinski definition) is 5. The summed E-state index contributed by atoms with van der Waals surface area (Å²) in [7, 11) is 0. The third-order valence-corrected chi connectivity index (χ3v) is 3.24. The Morgan fingerprint density at radius 1 is 1.13 bits per heavy atom. The van der Waals surface area contributed by atoms with Gasteiger partial charge >= 0.3 is 12.1 Å². The summed E-state index contributed by atoms with van der Waals surface area (Å²) >= 11 is 0. The number of hydrogen-bond donors (Lipinski definition) is 0. The largest absolute Gasteiger partial charge is 0.460 e. The lowest BCUT2D eigenvalue weighted by atomic mass is 10.1. The molecule has 2 rings (SSSR count). The first kappa shape index (κ1) is 16.5. The molecule has 0 bridgehead atoms. The summed E-state index contributed by atoms with van der Waals surface area (Å²) in [5, 5.41) is 0.466. The van der Waals surface area contributed by atoms with E-state index in [1.165, 1.54) is 10.6 Å². The summed E-state index contributed by atoms with van der Waals surface area (Å²) in [6.07, 6.45) is 0.713. The Morgan fingerprint density at radius 3 is 2.39 bits per heavy atom. The van der Waals surface area contributed by atoms with E-state index in [4.69, 9.17) is 9.47 Å². The van der Waals surface area contributed by atoms with Gasteiger partial charge < -0.3 is 9.47 Å². The van der Waals surface area contributed by atoms with Crippen LogP contribution in [0.2, 0.25) is 0 Å². The number of rotatable bonds is 5. The second kappa shape index (κ2) is 6.91. The highest BCUT2D eigenvalue weighted by atomic mass is 16.5. The standard InChI is InChI=1S/C17H17NO5/c1-4-12-14(15(19)16(20)22-5-2)11-9-7-8-10-13(11)18(12)17(21)23-6-3/h4,7-10H,1,5-6H2,2-3H3. The number of Topliss-reactive ketones (excluding diaryl/α,β-unsaturated/α-hetero) is 1. The van der Waals surface area contributed by atoms with Gasteiger partial charge in [0.05, 0.1) is 30.0 Å². The van der Waals surface area contributed by atoms with Crippen LogP contribution in [-0.4, -0.2) is 35.6 Å². The van der Waals surface area contributed by atoms with Gasteiger partial charge in [-0.3, -0.25) is 4.79 Å². The maximum absolute atomic E-state index is 12.4. The normalized spacial score (nSPS) is 10.3. The van der Waals surface area contributed by atoms with Crippen molar-refractivity contribution < 1.29 is 23.9 Å². The van der Waals surface area contributed by atoms with Crippen molar-refractivity contribution in [1.29, 1.82) is 0 Å². The van der Waals surface area contributed by atoms with Crippen molar-refractivity contribution in [2.45, 2.75) is 13.8 Å². The van der Waals surface area contributed by atoms with E-state index in [1.807, 2.05) is 0 Å². The number of fused-ring (bicyclic) bond motifs is 1. The molecule has 6 nitrogen and oxygen atoms in total. The first-order valence-corrected chi connectivity index (χ1v) is 7.21. The monoisotopic (exact) mass is 315 g/mol. The summed E-state index contributed by atoms with van der Waals surface area (Å²) in [6, 6.07) is 6.77. The molecule has 0 aliphatic heterocycles. The molecule has 1 heterocycles. The van der Waals surface area contributed by atoms with Gasteiger partial charge in [-0.2, -0.15) is 0 Å². The van der Waals surface area contributed by atoms with Crippen LogP contribution >= 0.6 is 0 Å². The number of carbonyl (C=O) groups is 3. The van der Waals surface area contributed by atoms with E-state index in [2.05, 4.69) is 6.58 Å². The van der Waals surface area contributed by atoms with Gasteiger partial charge in [-0.05, 0) is 26.0 Å². The molecule has 1 aromatic heterocycles. The van der Waals surface area contributed by atoms with Gasteiger partial charge in [0.1, 0.15) is 0 Å². The molecule has 0 N–H and O–H groups in total. The predicted molar refractivity (Wildman–Crippen MR) is 85.4 cm³/mol. The van der Waals surface area contributed by atoms with Gasteiger partial charge in [-0.25, -0.2) is 14.2 Å². The summed E-state index contributed by atoms with van der Waals surface area (Å²) in [4.78, 5) is 36.5. The molecule has 0 saturated carbocycles. The molecule has 1 aromatic carbocycles. The molecule has 0 amide bonds. The highest BCUT2D eigenvalue weighted by Gasteiger charge is 2.28. The Hall–Kier alpha value is -2.89. The third-order valence-electron chi connectivity index (χ3n) is 3.24. The number of carbonyl (C=O) groups excluding carboxylic acids is 3. The summed E-state index contributed by atoms with van der Waals surface area (Å²) < 4.78 is 11.0. The van der Waals surface area contributed by atoms with E-state index in [9.17, 15) is 14.4 Å². The number of ketones is 1. The quantitative estimate of drug-likeness (QED) is 0.481. The molecule has 2 aromatic rings. The number of nitrogens with zero attached hydrogens (tertiary/aromatic N) is 1. The first-order chi connectivity index (χ1) is 11.1. The van der Waals surface area contributed by atoms with Crippen molar-refractivity contribution in [2.24, 2.45) is 0 Å². The minimum Gasteiger partial charge on any atom is -0.460 e. The van der Waals surface area contributed by atoms with Crippen LogP contribution < -0.4 is 0 Å². The Labute approximate surface area is 133 Å². The average Bonchev–Trinajstić information content (AvgIpc) is 2.88. The molecular formula is C17H17NO5. The Bertz CT molecular complexity index is 788. The van der Waals surface area contributed by atoms with Gasteiger partial charge in [0.2, 0.25) is 0 Å². The molecule has 0 unspecified atom stereocenters. The molecule has 0 aliphatic carbocycles. The highest BCUT2D eigenvalue weighted by molar-refractivity contribution is 6.44. The molecule has 0 radical (unpaired) electrons. The maximum Gasteiger partial charge on any atom is 0.418 e. The van der Waals surface area contributed by atoms with Crippen LogP contribution in [0.25, 0.3) is 17.0 Å². The minimum absolute atomic E-state index is 0.0853. The van der Waals surface area contributed by atoms with Crippen molar-refractivity contribution >= 4 is 34.8 Å². The smallest absolute Gasteiger partial charge is 0.418 e. The zero-order valence-corrected chi connectivity index (χ0v) is 13.0. The second-order valence-electron chi connectivity index (χ2n) is 4.57. The van der Waals surface area contributed by atoms with E-state index in [0.717, 1.165) is 0 Å². The molecule has 120 valence electrons. The fraction of sp³-hybridized carbons (Fsp3) is 0.235. The summed E-state index contributed by atoms with van der Waals surface area (Å²) in [6.45, 7) is 7.21. The minimum atomic E-state index is -0.970. The molecular weight excluding hydrogens is 298 g/mol. The van der Waals surface area contributed by atoms with Crippen LogP contribution in [0, 0.1) is 0 Å². The van der Waals surface area contributed by atoms with Crippen molar-refractivity contribution in [3.8, 4) is 0 Å². The van der Waals surface area contributed by atoms with Crippen LogP contribution in [0.3, 0.4) is 0 Å². The van der Waals surface area contributed by atoms with Crippen molar-refractivity contribution in [1.82, 2.24) is 4.57 Å². The van der Waals surface area contributed by atoms with E-state index in [1.54, 1.807) is 38.1 Å². The zero-order valence-electron chi connectivity index (χ0n) is 13.0. The first-order valence-electron chi connectivity index (χ1n) is 7.21. The lowest BCUT2D eigenvalue weighted by Crippen LogP contribution is -2.20. The lowest BCUT2D eigenvalue weighted by molar-refractivity contribution is -0.137. The SMILES string of the molecule is C=Cc1c(C(=O)C(=O)OCC)c2ccccc2n1C(=O)OCC. The fourth-order valence-electron chi connectivity index (χ4n) is 2.37. The Morgan fingerprint density at radius 2 is 1.78 bits per heavy atom. The Balaban J connectivity index is 2.74. The number of benzene rings is 1. The van der Waals surface area contributed by atoms with Crippen LogP contribution in [0.1, 0.15) is 29.9 Å². The topological polar surface area (TPSA) is 74.6 Å². The van der Waals surface area contributed by atoms with Crippen LogP contribution in [0.5, 0.6) is 0 Å². The van der Waals surface area contributed by atoms with E-state index in [-0.39, 0.29) is 24.5 Å². The van der Waals surface area contributed by atoms with Crippen molar-refractivity contribution in [3.05, 3.63) is 42.1 Å². The third kappa shape index (κ3) is 2.88. The molecule has 0 saturated heterocycles. The van der Waals surface area contributed by atoms with Gasteiger partial charge in [-0.1, -0.05) is 24.8 Å². The van der Waals surface area contributed by atoms with Gasteiger partial charge in [0, 0.05) is 5.39 Å². The van der Waals surface area contributed by atoms with Gasteiger partial charge in [0.15, 0.2) is 0 Å². The maximum atomic E-state index is 12.4. The number of para-hydroxylation sites is 1. The molecule has 23 heavy (non-hydrogen) atoms. The van der Waals surface area contributed by atoms with Crippen molar-refractivity contribution in [2.75, 3.05) is 13.2 Å². The number of ether oxygens (including phenoxy) is 2. The number of aromatic nitrogens is 1. The van der Waals surface area contributed by atoms with Gasteiger partial charge in [-0.15, -0.1) is 0 Å². The van der Waals surface area contributed by atoms with E-state index < -0.39 is 17.8 Å². The number of esters is 1. The molecule has 0 aliphatic rings. The van der Waals surface area contributed by atoms with E-state index in [0.29, 0.717) is 10.9 Å². The van der Waals surface area contributed by atoms with Crippen LogP contribution in [0.15, 0.2) is 30.8 Å². The zero-order chi connectivity index (χ0) is 17.0. The molecule has 0 spiro atoms. The average molecular weight is 315 g/mol. The lowest BCUT2D eigenvalue weighted by Gasteiger charge is -2.07. The molecule has 0 fully saturated rings. The van der Waals surface area contributed by atoms with E-state index >= 15 is 0 Å². The van der Waals surface area contributed by atoms with Gasteiger partial charge in [0.25, 0.3) is 5.78 Å². The van der Waals surface area contributed by atoms with Crippen LogP contribution in [0.4, 0.5) is 4.79 Å². The van der Waals surface area contributed by atoms with Crippen molar-refractivity contribution in [3.63, 3.8) is 0 Å². The molecule has 6 heteroatoms. The Kier molecular flexibility index (Phi) is 4.95. The predicted octanol–water partition coefficient (Wildman–Crippen LogP) is 3.03. The van der Waals surface area contributed by atoms with Crippen LogP contribution in [-0.2, 0) is 14.3 Å². The summed E-state index contributed by atoms with van der Waals surface area (Å²) in [5.74, 6) is -1.79. The molecule has 0 atom stereocenters. The highest BCUT2D eigenvalue weighted by Crippen LogP contribution is 2.28.